The van der Waals surface area contributed by atoms with Gasteiger partial charge in [0.25, 0.3) is 0 Å². The van der Waals surface area contributed by atoms with E-state index in [-0.39, 0.29) is 12.6 Å². The summed E-state index contributed by atoms with van der Waals surface area (Å²) >= 11 is 0. The Kier molecular flexibility index (Phi) is 7.39. The number of halogens is 1. The Morgan fingerprint density at radius 3 is 2.92 bits per heavy atom. The van der Waals surface area contributed by atoms with Crippen molar-refractivity contribution in [2.45, 2.75) is 31.6 Å². The van der Waals surface area contributed by atoms with Gasteiger partial charge in [-0.05, 0) is 37.6 Å². The summed E-state index contributed by atoms with van der Waals surface area (Å²) in [4.78, 5) is 33.7. The third-order valence-corrected chi connectivity index (χ3v) is 6.85. The first-order chi connectivity index (χ1) is 18.4. The van der Waals surface area contributed by atoms with Gasteiger partial charge >= 0.3 is 0 Å². The van der Waals surface area contributed by atoms with Crippen molar-refractivity contribution in [3.8, 4) is 17.3 Å². The highest BCUT2D eigenvalue weighted by Crippen LogP contribution is 2.32. The van der Waals surface area contributed by atoms with Crippen LogP contribution in [0.2, 0.25) is 0 Å². The largest absolute Gasteiger partial charge is 0.378 e. The lowest BCUT2D eigenvalue weighted by atomic mass is 10.1. The van der Waals surface area contributed by atoms with Gasteiger partial charge in [0.1, 0.15) is 18.1 Å². The lowest BCUT2D eigenvalue weighted by Gasteiger charge is -2.38. The average Bonchev–Trinajstić information content (AvgIpc) is 3.38. The van der Waals surface area contributed by atoms with Crippen molar-refractivity contribution in [3.05, 3.63) is 54.1 Å². The molecule has 0 saturated carbocycles. The molecule has 0 aliphatic carbocycles. The number of anilines is 3. The molecule has 0 aromatic carbocycles. The molecule has 3 N–H and O–H groups in total. The predicted octanol–water partition coefficient (Wildman–Crippen LogP) is 2.34. The van der Waals surface area contributed by atoms with E-state index >= 15 is 0 Å². The molecule has 2 saturated heterocycles. The number of nitrogens with zero attached hydrogens (tertiary/aromatic N) is 7. The van der Waals surface area contributed by atoms with Gasteiger partial charge in [0.2, 0.25) is 11.9 Å². The number of ether oxygens (including phenoxy) is 1. The summed E-state index contributed by atoms with van der Waals surface area (Å²) < 4.78 is 19.4. The number of hydrogen-bond donors (Lipinski definition) is 2. The van der Waals surface area contributed by atoms with E-state index in [9.17, 15) is 14.4 Å². The van der Waals surface area contributed by atoms with Gasteiger partial charge < -0.3 is 20.7 Å². The summed E-state index contributed by atoms with van der Waals surface area (Å²) in [6.07, 6.45) is 4.44. The van der Waals surface area contributed by atoms with E-state index in [0.717, 1.165) is 0 Å². The number of pyridine rings is 2. The van der Waals surface area contributed by atoms with Crippen LogP contribution in [0.3, 0.4) is 0 Å². The number of amides is 1. The van der Waals surface area contributed by atoms with Gasteiger partial charge in [-0.3, -0.25) is 14.7 Å². The van der Waals surface area contributed by atoms with Crippen LogP contribution in [0.15, 0.2) is 42.9 Å². The van der Waals surface area contributed by atoms with Crippen LogP contribution >= 0.6 is 0 Å². The van der Waals surface area contributed by atoms with Gasteiger partial charge in [0, 0.05) is 37.2 Å². The number of primary amides is 1. The molecule has 11 nitrogen and oxygen atoms in total. The number of nitriles is 1. The maximum absolute atomic E-state index is 13.7. The van der Waals surface area contributed by atoms with Crippen LogP contribution in [0.5, 0.6) is 0 Å². The summed E-state index contributed by atoms with van der Waals surface area (Å²) in [6, 6.07) is 8.49. The summed E-state index contributed by atoms with van der Waals surface area (Å²) in [5.41, 5.74) is 8.51. The number of rotatable bonds is 7. The minimum Gasteiger partial charge on any atom is -0.378 e. The molecule has 0 bridgehead atoms. The molecule has 38 heavy (non-hydrogen) atoms. The molecule has 196 valence electrons. The van der Waals surface area contributed by atoms with Crippen LogP contribution in [-0.4, -0.2) is 75.8 Å². The number of carbonyl (C=O) groups is 1. The number of morpholine rings is 1. The zero-order chi connectivity index (χ0) is 26.6. The molecule has 3 atom stereocenters. The van der Waals surface area contributed by atoms with E-state index in [4.69, 9.17) is 10.5 Å². The zero-order valence-corrected chi connectivity index (χ0v) is 20.9. The molecular weight excluding hydrogens is 489 g/mol. The van der Waals surface area contributed by atoms with Crippen LogP contribution in [0, 0.1) is 11.3 Å². The number of carbonyl (C=O) groups excluding carboxylic acids is 1. The van der Waals surface area contributed by atoms with Crippen LogP contribution in [0.4, 0.5) is 21.8 Å². The van der Waals surface area contributed by atoms with E-state index in [0.29, 0.717) is 72.7 Å². The second-order valence-corrected chi connectivity index (χ2v) is 9.27. The molecule has 0 spiro atoms. The van der Waals surface area contributed by atoms with Crippen LogP contribution in [-0.2, 0) is 9.53 Å². The van der Waals surface area contributed by atoms with E-state index in [1.165, 1.54) is 0 Å². The zero-order valence-electron chi connectivity index (χ0n) is 20.9. The molecule has 5 rings (SSSR count). The maximum Gasteiger partial charge on any atom is 0.234 e. The molecule has 1 amide bonds. The van der Waals surface area contributed by atoms with Crippen LogP contribution in [0.25, 0.3) is 11.3 Å². The van der Waals surface area contributed by atoms with Gasteiger partial charge in [0.05, 0.1) is 54.5 Å². The first-order valence-electron chi connectivity index (χ1n) is 12.4. The molecule has 2 unspecified atom stereocenters. The summed E-state index contributed by atoms with van der Waals surface area (Å²) in [7, 11) is 0. The maximum atomic E-state index is 13.7. The number of nitrogens with one attached hydrogen (secondary N) is 1. The second-order valence-electron chi connectivity index (χ2n) is 9.27. The lowest BCUT2D eigenvalue weighted by molar-refractivity contribution is -0.126. The van der Waals surface area contributed by atoms with Crippen molar-refractivity contribution in [1.29, 1.82) is 5.26 Å². The molecule has 2 aliphatic heterocycles. The second kappa shape index (κ2) is 11.0. The first kappa shape index (κ1) is 25.4. The molecule has 3 aromatic heterocycles. The molecule has 0 radical (unpaired) electrons. The average molecular weight is 518 g/mol. The molecule has 12 heteroatoms. The van der Waals surface area contributed by atoms with Crippen molar-refractivity contribution < 1.29 is 13.9 Å². The SMILES string of the molecule is CC(C(N)=O)N1CCOCC1c1ncccc1Nc1nccc(-c2cnc(N3CC[C@H](F)C3)c(C#N)c2)n1. The molecule has 2 fully saturated rings. The highest BCUT2D eigenvalue weighted by atomic mass is 19.1. The Morgan fingerprint density at radius 1 is 1.29 bits per heavy atom. The van der Waals surface area contributed by atoms with Crippen LogP contribution < -0.4 is 16.0 Å². The van der Waals surface area contributed by atoms with Gasteiger partial charge in [-0.25, -0.2) is 19.3 Å². The van der Waals surface area contributed by atoms with E-state index in [1.807, 2.05) is 11.0 Å². The summed E-state index contributed by atoms with van der Waals surface area (Å²) in [5.74, 6) is 0.391. The number of hydrogen-bond acceptors (Lipinski definition) is 10. The Balaban J connectivity index is 1.41. The molecule has 5 heterocycles. The number of alkyl halides is 1. The van der Waals surface area contributed by atoms with E-state index < -0.39 is 18.1 Å². The highest BCUT2D eigenvalue weighted by molar-refractivity contribution is 5.79. The molecule has 2 aliphatic rings. The quantitative estimate of drug-likeness (QED) is 0.479. The molecular formula is C26H28FN9O2. The number of aromatic nitrogens is 4. The standard InChI is InChI=1S/C26H28FN9O2/c1-16(24(29)37)36-9-10-38-15-22(36)23-21(3-2-6-30-23)34-26-31-7-4-20(33-26)18-11-17(12-28)25(32-13-18)35-8-5-19(27)14-35/h2-4,6-7,11,13,16,19,22H,5,8-10,14-15H2,1H3,(H2,29,37)(H,31,33,34)/t16?,19-,22?/m0/s1. The van der Waals surface area contributed by atoms with Crippen molar-refractivity contribution in [2.75, 3.05) is 43.1 Å². The Bertz CT molecular complexity index is 1360. The van der Waals surface area contributed by atoms with Crippen molar-refractivity contribution in [3.63, 3.8) is 0 Å². The molecule has 3 aromatic rings. The Labute approximate surface area is 219 Å². The Hall–Kier alpha value is -4.21. The van der Waals surface area contributed by atoms with Gasteiger partial charge in [-0.15, -0.1) is 0 Å². The van der Waals surface area contributed by atoms with E-state index in [1.54, 1.807) is 48.6 Å². The van der Waals surface area contributed by atoms with Gasteiger partial charge in [0.15, 0.2) is 0 Å². The van der Waals surface area contributed by atoms with Crippen molar-refractivity contribution in [2.24, 2.45) is 5.73 Å². The monoisotopic (exact) mass is 517 g/mol. The van der Waals surface area contributed by atoms with Crippen molar-refractivity contribution in [1.82, 2.24) is 24.8 Å². The minimum absolute atomic E-state index is 0.234. The lowest BCUT2D eigenvalue weighted by Crippen LogP contribution is -2.50. The first-order valence-corrected chi connectivity index (χ1v) is 12.4. The Morgan fingerprint density at radius 2 is 2.16 bits per heavy atom. The third kappa shape index (κ3) is 5.25. The van der Waals surface area contributed by atoms with Gasteiger partial charge in [-0.2, -0.15) is 5.26 Å². The normalized spacial score (nSPS) is 20.6. The van der Waals surface area contributed by atoms with Gasteiger partial charge in [-0.1, -0.05) is 0 Å². The smallest absolute Gasteiger partial charge is 0.234 e. The van der Waals surface area contributed by atoms with E-state index in [2.05, 4.69) is 31.3 Å². The van der Waals surface area contributed by atoms with Crippen molar-refractivity contribution >= 4 is 23.4 Å². The third-order valence-electron chi connectivity index (χ3n) is 6.85. The fourth-order valence-electron chi connectivity index (χ4n) is 4.81. The summed E-state index contributed by atoms with van der Waals surface area (Å²) in [5, 5.41) is 12.9. The minimum atomic E-state index is -0.915. The van der Waals surface area contributed by atoms with Crippen LogP contribution in [0.1, 0.15) is 30.6 Å². The number of nitrogens with two attached hydrogens (primary N) is 1. The summed E-state index contributed by atoms with van der Waals surface area (Å²) in [6.45, 7) is 3.94. The predicted molar refractivity (Wildman–Crippen MR) is 138 cm³/mol. The highest BCUT2D eigenvalue weighted by Gasteiger charge is 2.33. The fourth-order valence-corrected chi connectivity index (χ4v) is 4.81. The topological polar surface area (TPSA) is 146 Å². The fraction of sp³-hybridized carbons (Fsp3) is 0.385.